The molecule has 0 saturated carbocycles. The lowest BCUT2D eigenvalue weighted by Gasteiger charge is -2.15. The number of pyridine rings is 1. The van der Waals surface area contributed by atoms with Crippen molar-refractivity contribution in [2.75, 3.05) is 0 Å². The number of nitrogens with zero attached hydrogens (tertiary/aromatic N) is 3. The van der Waals surface area contributed by atoms with E-state index in [4.69, 9.17) is 0 Å². The van der Waals surface area contributed by atoms with Crippen LogP contribution in [0.3, 0.4) is 0 Å². The Morgan fingerprint density at radius 3 is 2.95 bits per heavy atom. The molecule has 2 heterocycles. The van der Waals surface area contributed by atoms with Crippen molar-refractivity contribution in [2.24, 2.45) is 0 Å². The molecule has 4 nitrogen and oxygen atoms in total. The van der Waals surface area contributed by atoms with E-state index in [1.807, 2.05) is 48.1 Å². The van der Waals surface area contributed by atoms with Gasteiger partial charge in [-0.05, 0) is 30.0 Å². The van der Waals surface area contributed by atoms with Gasteiger partial charge in [-0.25, -0.2) is 0 Å². The van der Waals surface area contributed by atoms with E-state index in [1.54, 1.807) is 12.4 Å². The van der Waals surface area contributed by atoms with E-state index < -0.39 is 6.10 Å². The zero-order chi connectivity index (χ0) is 13.2. The number of fused-ring (bicyclic) bond motifs is 1. The smallest absolute Gasteiger partial charge is 0.121 e. The lowest BCUT2D eigenvalue weighted by molar-refractivity contribution is 0.209. The van der Waals surface area contributed by atoms with Crippen molar-refractivity contribution in [3.05, 3.63) is 60.2 Å². The maximum atomic E-state index is 10.6. The Balaban J connectivity index is 2.14. The van der Waals surface area contributed by atoms with Gasteiger partial charge in [0.25, 0.3) is 0 Å². The van der Waals surface area contributed by atoms with Crippen molar-refractivity contribution in [3.8, 4) is 0 Å². The highest BCUT2D eigenvalue weighted by Crippen LogP contribution is 2.28. The summed E-state index contributed by atoms with van der Waals surface area (Å²) in [4.78, 5) is 4.11. The van der Waals surface area contributed by atoms with E-state index in [9.17, 15) is 5.11 Å². The first kappa shape index (κ1) is 11.9. The highest BCUT2D eigenvalue weighted by molar-refractivity contribution is 5.85. The van der Waals surface area contributed by atoms with Crippen LogP contribution in [0.1, 0.15) is 24.3 Å². The average molecular weight is 253 g/mol. The molecule has 0 fully saturated rings. The Morgan fingerprint density at radius 2 is 2.11 bits per heavy atom. The SMILES string of the molecule is CCn1nccc1C(O)c1cccc2cnccc12. The molecule has 0 aliphatic heterocycles. The number of aliphatic hydroxyl groups excluding tert-OH is 1. The first-order valence-electron chi connectivity index (χ1n) is 6.33. The largest absolute Gasteiger partial charge is 0.382 e. The summed E-state index contributed by atoms with van der Waals surface area (Å²) in [6.07, 6.45) is 4.60. The molecule has 0 aliphatic rings. The normalized spacial score (nSPS) is 12.7. The second kappa shape index (κ2) is 4.82. The standard InChI is InChI=1S/C15H15N3O/c1-2-18-14(7-9-17-18)15(19)13-5-3-4-11-10-16-8-6-12(11)13/h3-10,15,19H,2H2,1H3. The molecule has 1 aromatic carbocycles. The molecule has 4 heteroatoms. The van der Waals surface area contributed by atoms with Gasteiger partial charge < -0.3 is 5.11 Å². The minimum Gasteiger partial charge on any atom is -0.382 e. The molecule has 2 aromatic heterocycles. The molecule has 0 saturated heterocycles. The van der Waals surface area contributed by atoms with Gasteiger partial charge in [0, 0.05) is 30.5 Å². The number of hydrogen-bond acceptors (Lipinski definition) is 3. The first-order valence-corrected chi connectivity index (χ1v) is 6.33. The lowest BCUT2D eigenvalue weighted by Crippen LogP contribution is -2.09. The third-order valence-electron chi connectivity index (χ3n) is 3.34. The van der Waals surface area contributed by atoms with Gasteiger partial charge in [0.1, 0.15) is 6.10 Å². The molecule has 1 atom stereocenters. The average Bonchev–Trinajstić information content (AvgIpc) is 2.94. The minimum atomic E-state index is -0.673. The highest BCUT2D eigenvalue weighted by Gasteiger charge is 2.16. The molecule has 1 N–H and O–H groups in total. The fourth-order valence-corrected chi connectivity index (χ4v) is 2.38. The molecule has 3 aromatic rings. The Morgan fingerprint density at radius 1 is 1.21 bits per heavy atom. The predicted molar refractivity (Wildman–Crippen MR) is 73.7 cm³/mol. The van der Waals surface area contributed by atoms with Crippen LogP contribution in [0.2, 0.25) is 0 Å². The van der Waals surface area contributed by atoms with E-state index in [-0.39, 0.29) is 0 Å². The number of benzene rings is 1. The van der Waals surface area contributed by atoms with E-state index in [0.29, 0.717) is 0 Å². The molecule has 0 amide bonds. The molecule has 0 spiro atoms. The lowest BCUT2D eigenvalue weighted by atomic mass is 10.00. The molecule has 0 bridgehead atoms. The number of aliphatic hydroxyl groups is 1. The van der Waals surface area contributed by atoms with Crippen LogP contribution in [-0.4, -0.2) is 19.9 Å². The quantitative estimate of drug-likeness (QED) is 0.780. The molecule has 3 rings (SSSR count). The summed E-state index contributed by atoms with van der Waals surface area (Å²) in [5.41, 5.74) is 1.70. The van der Waals surface area contributed by atoms with Crippen LogP contribution in [0, 0.1) is 0 Å². The summed E-state index contributed by atoms with van der Waals surface area (Å²) < 4.78 is 1.81. The number of rotatable bonds is 3. The third-order valence-corrected chi connectivity index (χ3v) is 3.34. The van der Waals surface area contributed by atoms with Gasteiger partial charge in [0.2, 0.25) is 0 Å². The molecular formula is C15H15N3O. The van der Waals surface area contributed by atoms with Gasteiger partial charge in [-0.15, -0.1) is 0 Å². The van der Waals surface area contributed by atoms with Gasteiger partial charge in [-0.2, -0.15) is 5.10 Å². The second-order valence-electron chi connectivity index (χ2n) is 4.42. The fraction of sp³-hybridized carbons (Fsp3) is 0.200. The molecule has 96 valence electrons. The van der Waals surface area contributed by atoms with Crippen LogP contribution in [0.15, 0.2) is 48.9 Å². The number of hydrogen-bond donors (Lipinski definition) is 1. The maximum Gasteiger partial charge on any atom is 0.121 e. The van der Waals surface area contributed by atoms with E-state index in [0.717, 1.165) is 28.6 Å². The van der Waals surface area contributed by atoms with Crippen molar-refractivity contribution in [2.45, 2.75) is 19.6 Å². The molecule has 0 aliphatic carbocycles. The van der Waals surface area contributed by atoms with Crippen molar-refractivity contribution in [1.82, 2.24) is 14.8 Å². The summed E-state index contributed by atoms with van der Waals surface area (Å²) in [6, 6.07) is 9.67. The zero-order valence-corrected chi connectivity index (χ0v) is 10.7. The van der Waals surface area contributed by atoms with Crippen LogP contribution in [-0.2, 0) is 6.54 Å². The van der Waals surface area contributed by atoms with Gasteiger partial charge in [-0.1, -0.05) is 18.2 Å². The summed E-state index contributed by atoms with van der Waals surface area (Å²) >= 11 is 0. The third kappa shape index (κ3) is 2.00. The number of aromatic nitrogens is 3. The van der Waals surface area contributed by atoms with Crippen molar-refractivity contribution in [3.63, 3.8) is 0 Å². The first-order chi connectivity index (χ1) is 9.31. The molecule has 1 unspecified atom stereocenters. The monoisotopic (exact) mass is 253 g/mol. The summed E-state index contributed by atoms with van der Waals surface area (Å²) in [7, 11) is 0. The van der Waals surface area contributed by atoms with E-state index in [1.165, 1.54) is 0 Å². The number of aryl methyl sites for hydroxylation is 1. The van der Waals surface area contributed by atoms with E-state index >= 15 is 0 Å². The van der Waals surface area contributed by atoms with Gasteiger partial charge in [0.05, 0.1) is 5.69 Å². The summed E-state index contributed by atoms with van der Waals surface area (Å²) in [5.74, 6) is 0. The predicted octanol–water partition coefficient (Wildman–Crippen LogP) is 2.53. The van der Waals surface area contributed by atoms with Crippen LogP contribution < -0.4 is 0 Å². The van der Waals surface area contributed by atoms with E-state index in [2.05, 4.69) is 10.1 Å². The molecule has 19 heavy (non-hydrogen) atoms. The van der Waals surface area contributed by atoms with Crippen molar-refractivity contribution in [1.29, 1.82) is 0 Å². The van der Waals surface area contributed by atoms with Crippen LogP contribution in [0.4, 0.5) is 0 Å². The highest BCUT2D eigenvalue weighted by atomic mass is 16.3. The maximum absolute atomic E-state index is 10.6. The van der Waals surface area contributed by atoms with Gasteiger partial charge >= 0.3 is 0 Å². The molecular weight excluding hydrogens is 238 g/mol. The zero-order valence-electron chi connectivity index (χ0n) is 10.7. The Kier molecular flexibility index (Phi) is 3.01. The summed E-state index contributed by atoms with van der Waals surface area (Å²) in [5, 5.41) is 16.9. The fourth-order valence-electron chi connectivity index (χ4n) is 2.38. The summed E-state index contributed by atoms with van der Waals surface area (Å²) in [6.45, 7) is 2.75. The minimum absolute atomic E-state index is 0.673. The second-order valence-corrected chi connectivity index (χ2v) is 4.42. The van der Waals surface area contributed by atoms with Crippen LogP contribution in [0.25, 0.3) is 10.8 Å². The van der Waals surface area contributed by atoms with Crippen LogP contribution in [0.5, 0.6) is 0 Å². The van der Waals surface area contributed by atoms with Gasteiger partial charge in [-0.3, -0.25) is 9.67 Å². The van der Waals surface area contributed by atoms with Crippen molar-refractivity contribution < 1.29 is 5.11 Å². The topological polar surface area (TPSA) is 50.9 Å². The Bertz CT molecular complexity index is 700. The van der Waals surface area contributed by atoms with Gasteiger partial charge in [0.15, 0.2) is 0 Å². The van der Waals surface area contributed by atoms with Crippen LogP contribution >= 0.6 is 0 Å². The Labute approximate surface area is 111 Å². The Hall–Kier alpha value is -2.20. The molecule has 0 radical (unpaired) electrons. The van der Waals surface area contributed by atoms with Crippen molar-refractivity contribution >= 4 is 10.8 Å².